The van der Waals surface area contributed by atoms with Crippen LogP contribution in [0.1, 0.15) is 49.8 Å². The van der Waals surface area contributed by atoms with E-state index in [1.807, 2.05) is 54.6 Å². The van der Waals surface area contributed by atoms with Gasteiger partial charge in [-0.25, -0.2) is 0 Å². The van der Waals surface area contributed by atoms with Crippen LogP contribution in [0.5, 0.6) is 5.75 Å². The summed E-state index contributed by atoms with van der Waals surface area (Å²) in [6, 6.07) is 21.5. The van der Waals surface area contributed by atoms with Gasteiger partial charge in [0.2, 0.25) is 5.91 Å². The third kappa shape index (κ3) is 4.52. The van der Waals surface area contributed by atoms with E-state index in [2.05, 4.69) is 5.32 Å². The Balaban J connectivity index is 1.68. The van der Waals surface area contributed by atoms with Crippen LogP contribution in [-0.2, 0) is 14.4 Å². The summed E-state index contributed by atoms with van der Waals surface area (Å²) in [5.41, 5.74) is 4.49. The van der Waals surface area contributed by atoms with Gasteiger partial charge in [-0.2, -0.15) is 0 Å². The topological polar surface area (TPSA) is 75.7 Å². The highest BCUT2D eigenvalue weighted by molar-refractivity contribution is 6.30. The summed E-state index contributed by atoms with van der Waals surface area (Å²) in [6.45, 7) is 2.83. The summed E-state index contributed by atoms with van der Waals surface area (Å²) in [5.74, 6) is -0.342. The number of nitrogens with zero attached hydrogens (tertiary/aromatic N) is 1. The van der Waals surface area contributed by atoms with Crippen molar-refractivity contribution in [2.24, 2.45) is 0 Å². The van der Waals surface area contributed by atoms with Crippen molar-refractivity contribution in [3.8, 4) is 5.75 Å². The quantitative estimate of drug-likeness (QED) is 0.343. The van der Waals surface area contributed by atoms with Gasteiger partial charge < -0.3 is 10.1 Å². The Kier molecular flexibility index (Phi) is 6.37. The van der Waals surface area contributed by atoms with E-state index in [4.69, 9.17) is 16.3 Å². The molecule has 2 atom stereocenters. The van der Waals surface area contributed by atoms with Crippen LogP contribution in [0.4, 0.5) is 11.4 Å². The van der Waals surface area contributed by atoms with E-state index in [0.717, 1.165) is 16.9 Å². The van der Waals surface area contributed by atoms with E-state index in [-0.39, 0.29) is 17.6 Å². The molecule has 1 N–H and O–H groups in total. The lowest BCUT2D eigenvalue weighted by atomic mass is 9.78. The Bertz CT molecular complexity index is 1400. The Labute approximate surface area is 214 Å². The highest BCUT2D eigenvalue weighted by Gasteiger charge is 2.40. The van der Waals surface area contributed by atoms with Gasteiger partial charge in [-0.15, -0.1) is 0 Å². The third-order valence-corrected chi connectivity index (χ3v) is 6.86. The number of carbonyl (C=O) groups excluding carboxylic acids is 3. The molecule has 0 fully saturated rings. The number of ketones is 1. The highest BCUT2D eigenvalue weighted by atomic mass is 35.5. The molecule has 1 aliphatic carbocycles. The van der Waals surface area contributed by atoms with Crippen LogP contribution in [0.2, 0.25) is 5.02 Å². The normalized spacial score (nSPS) is 19.1. The van der Waals surface area contributed by atoms with Crippen molar-refractivity contribution in [1.82, 2.24) is 0 Å². The molecule has 6 nitrogen and oxygen atoms in total. The van der Waals surface area contributed by atoms with Crippen molar-refractivity contribution in [2.45, 2.75) is 38.6 Å². The molecule has 2 unspecified atom stereocenters. The highest BCUT2D eigenvalue weighted by Crippen LogP contribution is 2.47. The zero-order valence-electron chi connectivity index (χ0n) is 20.0. The molecule has 0 bridgehead atoms. The number of hydrogen-bond acceptors (Lipinski definition) is 5. The summed E-state index contributed by atoms with van der Waals surface area (Å²) in [4.78, 5) is 40.2. The second kappa shape index (κ2) is 9.63. The molecule has 36 heavy (non-hydrogen) atoms. The number of nitrogens with one attached hydrogen (secondary N) is 1. The van der Waals surface area contributed by atoms with Gasteiger partial charge in [-0.1, -0.05) is 48.0 Å². The minimum atomic E-state index is -0.678. The molecule has 0 aromatic heterocycles. The SMILES string of the molecule is CC(=O)Oc1cccc(C2C3=C(CC(c4ccc(Cl)cc4)CC3=O)Nc3ccccc3N2C(C)=O)c1. The maximum absolute atomic E-state index is 13.9. The van der Waals surface area contributed by atoms with Crippen molar-refractivity contribution < 1.29 is 19.1 Å². The van der Waals surface area contributed by atoms with Gasteiger partial charge in [0.1, 0.15) is 5.75 Å². The maximum atomic E-state index is 13.9. The van der Waals surface area contributed by atoms with E-state index in [9.17, 15) is 14.4 Å². The van der Waals surface area contributed by atoms with Gasteiger partial charge in [0.15, 0.2) is 5.78 Å². The Morgan fingerprint density at radius 1 is 0.944 bits per heavy atom. The van der Waals surface area contributed by atoms with Crippen LogP contribution in [0.15, 0.2) is 84.1 Å². The van der Waals surface area contributed by atoms with Gasteiger partial charge in [-0.3, -0.25) is 19.3 Å². The monoisotopic (exact) mass is 500 g/mol. The number of allylic oxidation sites excluding steroid dienone is 1. The van der Waals surface area contributed by atoms with Gasteiger partial charge in [0.05, 0.1) is 17.4 Å². The number of para-hydroxylation sites is 2. The molecule has 3 aromatic carbocycles. The number of rotatable bonds is 3. The average Bonchev–Trinajstić information content (AvgIpc) is 2.99. The second-order valence-corrected chi connectivity index (χ2v) is 9.51. The fourth-order valence-corrected chi connectivity index (χ4v) is 5.26. The predicted molar refractivity (Wildman–Crippen MR) is 139 cm³/mol. The van der Waals surface area contributed by atoms with Crippen molar-refractivity contribution in [1.29, 1.82) is 0 Å². The summed E-state index contributed by atoms with van der Waals surface area (Å²) in [7, 11) is 0. The van der Waals surface area contributed by atoms with Crippen LogP contribution in [0.3, 0.4) is 0 Å². The lowest BCUT2D eigenvalue weighted by Gasteiger charge is -2.34. The largest absolute Gasteiger partial charge is 0.427 e. The Morgan fingerprint density at radius 2 is 1.69 bits per heavy atom. The van der Waals surface area contributed by atoms with Gasteiger partial charge >= 0.3 is 5.97 Å². The summed E-state index contributed by atoms with van der Waals surface area (Å²) in [6.07, 6.45) is 0.910. The number of carbonyl (C=O) groups is 3. The lowest BCUT2D eigenvalue weighted by Crippen LogP contribution is -2.37. The first kappa shape index (κ1) is 23.8. The maximum Gasteiger partial charge on any atom is 0.308 e. The number of amides is 1. The number of benzene rings is 3. The van der Waals surface area contributed by atoms with Crippen molar-refractivity contribution in [3.63, 3.8) is 0 Å². The first-order chi connectivity index (χ1) is 17.3. The molecule has 0 saturated carbocycles. The molecule has 182 valence electrons. The minimum Gasteiger partial charge on any atom is -0.427 e. The third-order valence-electron chi connectivity index (χ3n) is 6.60. The van der Waals surface area contributed by atoms with Crippen molar-refractivity contribution >= 4 is 40.6 Å². The zero-order chi connectivity index (χ0) is 25.4. The smallest absolute Gasteiger partial charge is 0.308 e. The molecule has 1 amide bonds. The van der Waals surface area contributed by atoms with E-state index in [1.165, 1.54) is 13.8 Å². The van der Waals surface area contributed by atoms with Crippen molar-refractivity contribution in [3.05, 3.63) is 100 Å². The Hall–Kier alpha value is -3.90. The van der Waals surface area contributed by atoms with E-state index in [0.29, 0.717) is 40.4 Å². The molecule has 7 heteroatoms. The van der Waals surface area contributed by atoms with E-state index < -0.39 is 12.0 Å². The molecule has 2 aliphatic rings. The van der Waals surface area contributed by atoms with E-state index in [1.54, 1.807) is 23.1 Å². The van der Waals surface area contributed by atoms with Crippen LogP contribution in [-0.4, -0.2) is 17.7 Å². The molecular weight excluding hydrogens is 476 g/mol. The van der Waals surface area contributed by atoms with Gasteiger partial charge in [-0.05, 0) is 59.9 Å². The van der Waals surface area contributed by atoms with Gasteiger partial charge in [0.25, 0.3) is 0 Å². The summed E-state index contributed by atoms with van der Waals surface area (Å²) < 4.78 is 5.32. The number of anilines is 2. The second-order valence-electron chi connectivity index (χ2n) is 9.07. The van der Waals surface area contributed by atoms with E-state index >= 15 is 0 Å². The molecule has 0 saturated heterocycles. The lowest BCUT2D eigenvalue weighted by molar-refractivity contribution is -0.132. The fraction of sp³-hybridized carbons (Fsp3) is 0.207. The van der Waals surface area contributed by atoms with Crippen molar-refractivity contribution in [2.75, 3.05) is 10.2 Å². The zero-order valence-corrected chi connectivity index (χ0v) is 20.7. The summed E-state index contributed by atoms with van der Waals surface area (Å²) in [5, 5.41) is 4.13. The first-order valence-corrected chi connectivity index (χ1v) is 12.2. The molecule has 3 aromatic rings. The fourth-order valence-electron chi connectivity index (χ4n) is 5.14. The number of halogens is 1. The first-order valence-electron chi connectivity index (χ1n) is 11.8. The number of Topliss-reactive ketones (excluding diaryl/α,β-unsaturated/α-hetero) is 1. The van der Waals surface area contributed by atoms with Crippen LogP contribution in [0, 0.1) is 0 Å². The van der Waals surface area contributed by atoms with Crippen LogP contribution < -0.4 is 15.0 Å². The molecular formula is C29H25ClN2O4. The molecule has 1 heterocycles. The van der Waals surface area contributed by atoms with Crippen LogP contribution in [0.25, 0.3) is 0 Å². The minimum absolute atomic E-state index is 0.0231. The molecule has 0 radical (unpaired) electrons. The molecule has 1 aliphatic heterocycles. The number of esters is 1. The number of fused-ring (bicyclic) bond motifs is 1. The molecule has 0 spiro atoms. The number of ether oxygens (including phenoxy) is 1. The molecule has 5 rings (SSSR count). The average molecular weight is 501 g/mol. The standard InChI is InChI=1S/C29H25ClN2O4/c1-17(33)32-26-9-4-3-8-24(26)31-25-15-21(19-10-12-22(30)13-11-19)16-27(35)28(25)29(32)20-6-5-7-23(14-20)36-18(2)34/h3-14,21,29,31H,15-16H2,1-2H3. The van der Waals surface area contributed by atoms with Crippen LogP contribution >= 0.6 is 11.6 Å². The Morgan fingerprint density at radius 3 is 2.42 bits per heavy atom. The van der Waals surface area contributed by atoms with Gasteiger partial charge in [0, 0.05) is 36.6 Å². The predicted octanol–water partition coefficient (Wildman–Crippen LogP) is 6.19. The summed E-state index contributed by atoms with van der Waals surface area (Å²) >= 11 is 6.09. The number of hydrogen-bond donors (Lipinski definition) is 1.